The van der Waals surface area contributed by atoms with Gasteiger partial charge in [-0.3, -0.25) is 14.9 Å². The van der Waals surface area contributed by atoms with Crippen molar-refractivity contribution in [1.82, 2.24) is 0 Å². The predicted molar refractivity (Wildman–Crippen MR) is 70.6 cm³/mol. The fourth-order valence-corrected chi connectivity index (χ4v) is 2.41. The van der Waals surface area contributed by atoms with E-state index in [9.17, 15) is 14.9 Å². The van der Waals surface area contributed by atoms with E-state index in [1.54, 1.807) is 24.3 Å². The number of nitro groups is 1. The molecular formula is C11H6BrNO4S. The van der Waals surface area contributed by atoms with E-state index in [0.29, 0.717) is 20.7 Å². The largest absolute Gasteiger partial charge is 0.438 e. The average molecular weight is 328 g/mol. The predicted octanol–water partition coefficient (Wildman–Crippen LogP) is 4.02. The molecule has 1 aromatic heterocycles. The van der Waals surface area contributed by atoms with Crippen LogP contribution in [0.4, 0.5) is 5.69 Å². The third kappa shape index (κ3) is 2.57. The Hall–Kier alpha value is -1.73. The molecule has 0 fully saturated rings. The molecular weight excluding hydrogens is 322 g/mol. The van der Waals surface area contributed by atoms with E-state index in [4.69, 9.17) is 4.74 Å². The molecule has 0 radical (unpaired) electrons. The molecule has 0 amide bonds. The van der Waals surface area contributed by atoms with Crippen LogP contribution in [0.5, 0.6) is 10.8 Å². The Morgan fingerprint density at radius 2 is 2.11 bits per heavy atom. The Bertz CT molecular complexity index is 611. The topological polar surface area (TPSA) is 69.4 Å². The molecule has 2 aromatic rings. The zero-order valence-electron chi connectivity index (χ0n) is 8.83. The van der Waals surface area contributed by atoms with Crippen molar-refractivity contribution < 1.29 is 14.5 Å². The van der Waals surface area contributed by atoms with Crippen molar-refractivity contribution in [3.8, 4) is 10.8 Å². The number of hydrogen-bond donors (Lipinski definition) is 0. The first kappa shape index (κ1) is 12.7. The summed E-state index contributed by atoms with van der Waals surface area (Å²) >= 11 is 4.33. The lowest BCUT2D eigenvalue weighted by Crippen LogP contribution is -1.93. The molecule has 0 aliphatic rings. The minimum Gasteiger partial charge on any atom is -0.438 e. The van der Waals surface area contributed by atoms with E-state index < -0.39 is 4.92 Å². The van der Waals surface area contributed by atoms with Crippen LogP contribution in [0.1, 0.15) is 9.67 Å². The highest BCUT2D eigenvalue weighted by atomic mass is 79.9. The van der Waals surface area contributed by atoms with Crippen LogP contribution in [0.3, 0.4) is 0 Å². The molecule has 18 heavy (non-hydrogen) atoms. The van der Waals surface area contributed by atoms with Crippen LogP contribution in [-0.2, 0) is 0 Å². The van der Waals surface area contributed by atoms with Crippen LogP contribution in [0.15, 0.2) is 34.8 Å². The van der Waals surface area contributed by atoms with Crippen molar-refractivity contribution in [2.75, 3.05) is 0 Å². The molecule has 1 heterocycles. The quantitative estimate of drug-likeness (QED) is 0.483. The fourth-order valence-electron chi connectivity index (χ4n) is 1.30. The number of aldehydes is 1. The summed E-state index contributed by atoms with van der Waals surface area (Å²) in [6.07, 6.45) is 0.700. The molecule has 5 nitrogen and oxygen atoms in total. The lowest BCUT2D eigenvalue weighted by molar-refractivity contribution is -0.385. The van der Waals surface area contributed by atoms with Crippen molar-refractivity contribution in [3.63, 3.8) is 0 Å². The molecule has 0 saturated heterocycles. The number of nitro benzene ring substituents is 1. The molecule has 92 valence electrons. The first-order valence-electron chi connectivity index (χ1n) is 4.77. The Balaban J connectivity index is 2.38. The third-order valence-electron chi connectivity index (χ3n) is 2.06. The van der Waals surface area contributed by atoms with Crippen molar-refractivity contribution >= 4 is 39.2 Å². The second-order valence-corrected chi connectivity index (χ2v) is 5.15. The molecule has 0 saturated carbocycles. The maximum atomic E-state index is 10.9. The van der Waals surface area contributed by atoms with Gasteiger partial charge in [0.05, 0.1) is 14.3 Å². The van der Waals surface area contributed by atoms with Gasteiger partial charge in [-0.05, 0) is 34.1 Å². The highest BCUT2D eigenvalue weighted by molar-refractivity contribution is 9.10. The number of thiophene rings is 1. The van der Waals surface area contributed by atoms with E-state index in [2.05, 4.69) is 15.9 Å². The molecule has 0 N–H and O–H groups in total. The fraction of sp³-hybridized carbons (Fsp3) is 0. The second kappa shape index (κ2) is 5.28. The molecule has 0 unspecified atom stereocenters. The number of nitrogens with zero attached hydrogens (tertiary/aromatic N) is 1. The van der Waals surface area contributed by atoms with Gasteiger partial charge >= 0.3 is 5.69 Å². The molecule has 0 aliphatic carbocycles. The van der Waals surface area contributed by atoms with Gasteiger partial charge in [0.2, 0.25) is 5.75 Å². The molecule has 0 aliphatic heterocycles. The number of para-hydroxylation sites is 1. The normalized spacial score (nSPS) is 10.1. The van der Waals surface area contributed by atoms with Gasteiger partial charge in [-0.15, -0.1) is 0 Å². The highest BCUT2D eigenvalue weighted by Crippen LogP contribution is 2.39. The van der Waals surface area contributed by atoms with Gasteiger partial charge in [-0.1, -0.05) is 17.4 Å². The molecule has 2 rings (SSSR count). The molecule has 1 aromatic carbocycles. The summed E-state index contributed by atoms with van der Waals surface area (Å²) in [5, 5.41) is 11.3. The summed E-state index contributed by atoms with van der Waals surface area (Å²) in [4.78, 5) is 21.4. The van der Waals surface area contributed by atoms with Gasteiger partial charge in [-0.2, -0.15) is 0 Å². The molecule has 0 bridgehead atoms. The first-order chi connectivity index (χ1) is 8.61. The van der Waals surface area contributed by atoms with Crippen LogP contribution in [-0.4, -0.2) is 11.2 Å². The van der Waals surface area contributed by atoms with E-state index in [1.807, 2.05) is 0 Å². The van der Waals surface area contributed by atoms with Crippen LogP contribution in [0.25, 0.3) is 0 Å². The SMILES string of the molecule is O=Cc1ccc(Oc2c(Br)cccc2[N+](=O)[O-])s1. The Morgan fingerprint density at radius 3 is 2.72 bits per heavy atom. The van der Waals surface area contributed by atoms with E-state index in [0.717, 1.165) is 11.3 Å². The van der Waals surface area contributed by atoms with E-state index in [-0.39, 0.29) is 11.4 Å². The standard InChI is InChI=1S/C11H6BrNO4S/c12-8-2-1-3-9(13(15)16)11(8)17-10-5-4-7(6-14)18-10/h1-6H. The number of rotatable bonds is 4. The lowest BCUT2D eigenvalue weighted by atomic mass is 10.3. The smallest absolute Gasteiger partial charge is 0.312 e. The zero-order valence-corrected chi connectivity index (χ0v) is 11.2. The van der Waals surface area contributed by atoms with Crippen LogP contribution >= 0.6 is 27.3 Å². The molecule has 0 atom stereocenters. The molecule has 7 heteroatoms. The van der Waals surface area contributed by atoms with E-state index >= 15 is 0 Å². The number of hydrogen-bond acceptors (Lipinski definition) is 5. The number of carbonyl (C=O) groups excluding carboxylic acids is 1. The van der Waals surface area contributed by atoms with Crippen molar-refractivity contribution in [1.29, 1.82) is 0 Å². The van der Waals surface area contributed by atoms with Crippen LogP contribution < -0.4 is 4.74 Å². The monoisotopic (exact) mass is 327 g/mol. The average Bonchev–Trinajstić information content (AvgIpc) is 2.79. The summed E-state index contributed by atoms with van der Waals surface area (Å²) < 4.78 is 5.94. The highest BCUT2D eigenvalue weighted by Gasteiger charge is 2.19. The minimum atomic E-state index is -0.520. The summed E-state index contributed by atoms with van der Waals surface area (Å²) in [5.74, 6) is 0.127. The lowest BCUT2D eigenvalue weighted by Gasteiger charge is -2.05. The maximum Gasteiger partial charge on any atom is 0.312 e. The Labute approximate surface area is 114 Å². The summed E-state index contributed by atoms with van der Waals surface area (Å²) in [6.45, 7) is 0. The number of carbonyl (C=O) groups is 1. The van der Waals surface area contributed by atoms with Crippen LogP contribution in [0, 0.1) is 10.1 Å². The Morgan fingerprint density at radius 1 is 1.33 bits per heavy atom. The Kier molecular flexibility index (Phi) is 3.73. The van der Waals surface area contributed by atoms with Crippen molar-refractivity contribution in [3.05, 3.63) is 49.8 Å². The van der Waals surface area contributed by atoms with Gasteiger partial charge in [0.1, 0.15) is 0 Å². The van der Waals surface area contributed by atoms with Gasteiger partial charge in [0.15, 0.2) is 11.3 Å². The third-order valence-corrected chi connectivity index (χ3v) is 3.58. The van der Waals surface area contributed by atoms with Gasteiger partial charge in [0, 0.05) is 6.07 Å². The maximum absolute atomic E-state index is 10.9. The van der Waals surface area contributed by atoms with Crippen LogP contribution in [0.2, 0.25) is 0 Å². The van der Waals surface area contributed by atoms with Crippen molar-refractivity contribution in [2.45, 2.75) is 0 Å². The second-order valence-electron chi connectivity index (χ2n) is 3.22. The zero-order chi connectivity index (χ0) is 13.1. The van der Waals surface area contributed by atoms with Crippen molar-refractivity contribution in [2.24, 2.45) is 0 Å². The number of benzene rings is 1. The summed E-state index contributed by atoms with van der Waals surface area (Å²) in [5.41, 5.74) is -0.134. The summed E-state index contributed by atoms with van der Waals surface area (Å²) in [7, 11) is 0. The van der Waals surface area contributed by atoms with Gasteiger partial charge in [0.25, 0.3) is 0 Å². The van der Waals surface area contributed by atoms with E-state index in [1.165, 1.54) is 6.07 Å². The number of ether oxygens (including phenoxy) is 1. The first-order valence-corrected chi connectivity index (χ1v) is 6.38. The number of halogens is 1. The van der Waals surface area contributed by atoms with Gasteiger partial charge < -0.3 is 4.74 Å². The van der Waals surface area contributed by atoms with Gasteiger partial charge in [-0.25, -0.2) is 0 Å². The minimum absolute atomic E-state index is 0.127. The molecule has 0 spiro atoms. The summed E-state index contributed by atoms with van der Waals surface area (Å²) in [6, 6.07) is 7.75.